The van der Waals surface area contributed by atoms with Crippen LogP contribution in [0.15, 0.2) is 0 Å². The molecule has 0 aromatic heterocycles. The van der Waals surface area contributed by atoms with Crippen molar-refractivity contribution in [2.45, 2.75) is 53.6 Å². The average Bonchev–Trinajstić information content (AvgIpc) is 2.28. The van der Waals surface area contributed by atoms with E-state index in [2.05, 4.69) is 0 Å². The quantitative estimate of drug-likeness (QED) is 0.640. The van der Waals surface area contributed by atoms with Gasteiger partial charge in [-0.2, -0.15) is 5.26 Å². The third-order valence-corrected chi connectivity index (χ3v) is 3.21. The van der Waals surface area contributed by atoms with E-state index in [0.29, 0.717) is 6.61 Å². The Morgan fingerprint density at radius 1 is 1.15 bits per heavy atom. The maximum absolute atomic E-state index is 12.4. The fraction of sp³-hybridized carbons (Fsp3) is 0.800. The molecule has 0 amide bonds. The number of esters is 1. The van der Waals surface area contributed by atoms with Crippen LogP contribution < -0.4 is 0 Å². The molecule has 0 spiro atoms. The van der Waals surface area contributed by atoms with Crippen LogP contribution in [0.5, 0.6) is 0 Å². The summed E-state index contributed by atoms with van der Waals surface area (Å²) in [6, 6.07) is 1.89. The van der Waals surface area contributed by atoms with Crippen molar-refractivity contribution in [2.75, 3.05) is 13.2 Å². The maximum Gasteiger partial charge on any atom is 0.324 e. The van der Waals surface area contributed by atoms with Crippen molar-refractivity contribution >= 4 is 11.8 Å². The molecule has 0 aliphatic carbocycles. The highest BCUT2D eigenvalue weighted by molar-refractivity contribution is 5.91. The minimum atomic E-state index is -1.10. The molecule has 5 nitrogen and oxygen atoms in total. The van der Waals surface area contributed by atoms with Gasteiger partial charge in [-0.25, -0.2) is 0 Å². The lowest BCUT2D eigenvalue weighted by Crippen LogP contribution is -2.41. The van der Waals surface area contributed by atoms with Crippen molar-refractivity contribution in [1.29, 1.82) is 5.26 Å². The van der Waals surface area contributed by atoms with Gasteiger partial charge in [-0.1, -0.05) is 13.8 Å². The first-order valence-electron chi connectivity index (χ1n) is 6.85. The largest absolute Gasteiger partial charge is 0.465 e. The molecule has 5 heteroatoms. The van der Waals surface area contributed by atoms with Gasteiger partial charge in [-0.05, 0) is 27.7 Å². The minimum absolute atomic E-state index is 0.144. The highest BCUT2D eigenvalue weighted by Crippen LogP contribution is 2.32. The van der Waals surface area contributed by atoms with Crippen LogP contribution in [0.4, 0.5) is 0 Å². The zero-order chi connectivity index (χ0) is 16.0. The molecule has 0 rings (SSSR count). The Morgan fingerprint density at radius 3 is 2.10 bits per heavy atom. The zero-order valence-electron chi connectivity index (χ0n) is 13.3. The molecule has 0 heterocycles. The third kappa shape index (κ3) is 4.93. The molecule has 0 N–H and O–H groups in total. The second-order valence-corrected chi connectivity index (χ2v) is 5.83. The molecule has 0 saturated carbocycles. The smallest absolute Gasteiger partial charge is 0.324 e. The van der Waals surface area contributed by atoms with Crippen LogP contribution in [0.3, 0.4) is 0 Å². The standard InChI is InChI=1S/C15H25NO4/c1-7-19-13(18)11(10-16)15(5,6)12(17)9-14(3,4)20-8-2/h11H,7-9H2,1-6H3. The Labute approximate surface area is 121 Å². The van der Waals surface area contributed by atoms with Gasteiger partial charge < -0.3 is 9.47 Å². The van der Waals surface area contributed by atoms with Gasteiger partial charge >= 0.3 is 5.97 Å². The van der Waals surface area contributed by atoms with Crippen molar-refractivity contribution in [3.8, 4) is 6.07 Å². The fourth-order valence-corrected chi connectivity index (χ4v) is 1.95. The SMILES string of the molecule is CCOC(=O)C(C#N)C(C)(C)C(=O)CC(C)(C)OCC. The third-order valence-electron chi connectivity index (χ3n) is 3.21. The summed E-state index contributed by atoms with van der Waals surface area (Å²) in [5.41, 5.74) is -1.72. The van der Waals surface area contributed by atoms with Crippen molar-refractivity contribution in [2.24, 2.45) is 11.3 Å². The summed E-state index contributed by atoms with van der Waals surface area (Å²) in [5.74, 6) is -1.94. The van der Waals surface area contributed by atoms with Crippen LogP contribution in [-0.4, -0.2) is 30.6 Å². The molecule has 20 heavy (non-hydrogen) atoms. The van der Waals surface area contributed by atoms with Crippen molar-refractivity contribution in [3.05, 3.63) is 0 Å². The number of nitrogens with zero attached hydrogens (tertiary/aromatic N) is 1. The Kier molecular flexibility index (Phi) is 6.87. The van der Waals surface area contributed by atoms with Crippen LogP contribution in [0.2, 0.25) is 0 Å². The van der Waals surface area contributed by atoms with Crippen LogP contribution in [0.1, 0.15) is 48.0 Å². The first kappa shape index (κ1) is 18.6. The van der Waals surface area contributed by atoms with E-state index in [1.165, 1.54) is 0 Å². The number of nitriles is 1. The number of hydrogen-bond donors (Lipinski definition) is 0. The number of carbonyl (C=O) groups excluding carboxylic acids is 2. The second kappa shape index (κ2) is 7.39. The van der Waals surface area contributed by atoms with Gasteiger partial charge in [0.15, 0.2) is 5.92 Å². The van der Waals surface area contributed by atoms with Crippen molar-refractivity contribution in [3.63, 3.8) is 0 Å². The van der Waals surface area contributed by atoms with E-state index in [0.717, 1.165) is 0 Å². The van der Waals surface area contributed by atoms with Crippen molar-refractivity contribution in [1.82, 2.24) is 0 Å². The Bertz CT molecular complexity index is 393. The molecule has 0 aromatic rings. The molecule has 0 aliphatic rings. The molecule has 0 aromatic carbocycles. The van der Waals surface area contributed by atoms with Gasteiger partial charge in [0.2, 0.25) is 0 Å². The highest BCUT2D eigenvalue weighted by atomic mass is 16.5. The summed E-state index contributed by atoms with van der Waals surface area (Å²) in [5, 5.41) is 9.17. The topological polar surface area (TPSA) is 76.4 Å². The normalized spacial score (nSPS) is 13.4. The predicted octanol–water partition coefficient (Wildman–Crippen LogP) is 2.49. The van der Waals surface area contributed by atoms with Crippen molar-refractivity contribution < 1.29 is 19.1 Å². The van der Waals surface area contributed by atoms with E-state index >= 15 is 0 Å². The molecular weight excluding hydrogens is 258 g/mol. The van der Waals surface area contributed by atoms with E-state index < -0.39 is 22.9 Å². The van der Waals surface area contributed by atoms with Gasteiger partial charge in [0, 0.05) is 18.4 Å². The van der Waals surface area contributed by atoms with Gasteiger partial charge in [0.05, 0.1) is 18.3 Å². The molecule has 1 atom stereocenters. The van der Waals surface area contributed by atoms with Gasteiger partial charge in [0.1, 0.15) is 5.78 Å². The molecule has 1 unspecified atom stereocenters. The number of rotatable bonds is 8. The second-order valence-electron chi connectivity index (χ2n) is 5.83. The van der Waals surface area contributed by atoms with Gasteiger partial charge in [-0.15, -0.1) is 0 Å². The summed E-state index contributed by atoms with van der Waals surface area (Å²) in [7, 11) is 0. The first-order chi connectivity index (χ1) is 9.12. The average molecular weight is 283 g/mol. The highest BCUT2D eigenvalue weighted by Gasteiger charge is 2.44. The Hall–Kier alpha value is -1.41. The fourth-order valence-electron chi connectivity index (χ4n) is 1.95. The molecule has 0 fully saturated rings. The molecule has 114 valence electrons. The molecule has 0 bridgehead atoms. The Morgan fingerprint density at radius 2 is 1.70 bits per heavy atom. The van der Waals surface area contributed by atoms with E-state index in [1.54, 1.807) is 20.8 Å². The molecule has 0 aliphatic heterocycles. The molecule has 0 saturated heterocycles. The number of ketones is 1. The van der Waals surface area contributed by atoms with Crippen LogP contribution in [0.25, 0.3) is 0 Å². The van der Waals surface area contributed by atoms with E-state index in [9.17, 15) is 14.9 Å². The van der Waals surface area contributed by atoms with Crippen LogP contribution in [0, 0.1) is 22.7 Å². The summed E-state index contributed by atoms with van der Waals surface area (Å²) < 4.78 is 10.4. The van der Waals surface area contributed by atoms with Gasteiger partial charge in [0.25, 0.3) is 0 Å². The van der Waals surface area contributed by atoms with Crippen LogP contribution >= 0.6 is 0 Å². The molecule has 0 radical (unpaired) electrons. The summed E-state index contributed by atoms with van der Waals surface area (Å²) in [6.45, 7) is 11.0. The van der Waals surface area contributed by atoms with E-state index in [4.69, 9.17) is 9.47 Å². The molecular formula is C15H25NO4. The first-order valence-corrected chi connectivity index (χ1v) is 6.85. The van der Waals surface area contributed by atoms with E-state index in [1.807, 2.05) is 26.8 Å². The van der Waals surface area contributed by atoms with Gasteiger partial charge in [-0.3, -0.25) is 9.59 Å². The summed E-state index contributed by atoms with van der Waals surface area (Å²) >= 11 is 0. The number of ether oxygens (including phenoxy) is 2. The minimum Gasteiger partial charge on any atom is -0.465 e. The lowest BCUT2D eigenvalue weighted by atomic mass is 9.73. The number of Topliss-reactive ketones (excluding diaryl/α,β-unsaturated/α-hetero) is 1. The van der Waals surface area contributed by atoms with Crippen LogP contribution in [-0.2, 0) is 19.1 Å². The monoisotopic (exact) mass is 283 g/mol. The zero-order valence-corrected chi connectivity index (χ0v) is 13.3. The lowest BCUT2D eigenvalue weighted by Gasteiger charge is -2.31. The summed E-state index contributed by atoms with van der Waals surface area (Å²) in [6.07, 6.45) is 0.144. The summed E-state index contributed by atoms with van der Waals surface area (Å²) in [4.78, 5) is 24.2. The van der Waals surface area contributed by atoms with E-state index in [-0.39, 0.29) is 18.8 Å². The number of hydrogen-bond acceptors (Lipinski definition) is 5. The lowest BCUT2D eigenvalue weighted by molar-refractivity contribution is -0.154. The maximum atomic E-state index is 12.4. The Balaban J connectivity index is 5.06. The number of carbonyl (C=O) groups is 2. The predicted molar refractivity (Wildman–Crippen MR) is 74.8 cm³/mol.